The predicted molar refractivity (Wildman–Crippen MR) is 83.3 cm³/mol. The zero-order chi connectivity index (χ0) is 15.4. The van der Waals surface area contributed by atoms with E-state index in [0.717, 1.165) is 6.42 Å². The first kappa shape index (κ1) is 15.3. The van der Waals surface area contributed by atoms with Crippen molar-refractivity contribution in [3.63, 3.8) is 0 Å². The summed E-state index contributed by atoms with van der Waals surface area (Å²) in [7, 11) is 0. The first-order chi connectivity index (χ1) is 10.7. The van der Waals surface area contributed by atoms with Crippen LogP contribution in [0.15, 0.2) is 18.3 Å². The maximum absolute atomic E-state index is 10.9. The zero-order valence-electron chi connectivity index (χ0n) is 12.9. The molecular formula is C17H24N2O3. The molecule has 1 aromatic rings. The second-order valence-corrected chi connectivity index (χ2v) is 6.30. The minimum Gasteiger partial charge on any atom is -0.478 e. The third-order valence-corrected chi connectivity index (χ3v) is 4.78. The van der Waals surface area contributed by atoms with E-state index >= 15 is 0 Å². The Balaban J connectivity index is 1.66. The van der Waals surface area contributed by atoms with Crippen LogP contribution in [0.1, 0.15) is 55.3 Å². The normalized spacial score (nSPS) is 26.5. The fourth-order valence-electron chi connectivity index (χ4n) is 3.61. The van der Waals surface area contributed by atoms with Crippen LogP contribution < -0.4 is 4.74 Å². The van der Waals surface area contributed by atoms with Gasteiger partial charge in [0, 0.05) is 18.3 Å². The predicted octanol–water partition coefficient (Wildman–Crippen LogP) is 2.96. The number of hydrogen-bond acceptors (Lipinski definition) is 4. The van der Waals surface area contributed by atoms with Crippen LogP contribution in [-0.4, -0.2) is 46.2 Å². The lowest BCUT2D eigenvalue weighted by molar-refractivity contribution is 0.0237. The van der Waals surface area contributed by atoms with Crippen LogP contribution in [0.2, 0.25) is 0 Å². The van der Waals surface area contributed by atoms with Gasteiger partial charge < -0.3 is 9.84 Å². The van der Waals surface area contributed by atoms with Crippen molar-refractivity contribution in [2.75, 3.05) is 13.1 Å². The van der Waals surface area contributed by atoms with Crippen LogP contribution in [-0.2, 0) is 0 Å². The fourth-order valence-corrected chi connectivity index (χ4v) is 3.61. The largest absolute Gasteiger partial charge is 0.478 e. The SMILES string of the molecule is O=C(O)c1ccc(O[C@H]2CCCC[C@@H]2N2CCCCC2)nc1. The Kier molecular flexibility index (Phi) is 4.93. The Hall–Kier alpha value is -1.62. The highest BCUT2D eigenvalue weighted by atomic mass is 16.5. The summed E-state index contributed by atoms with van der Waals surface area (Å²) in [4.78, 5) is 17.6. The summed E-state index contributed by atoms with van der Waals surface area (Å²) in [6.07, 6.45) is 10.2. The average molecular weight is 304 g/mol. The first-order valence-corrected chi connectivity index (χ1v) is 8.34. The van der Waals surface area contributed by atoms with Crippen molar-refractivity contribution in [1.82, 2.24) is 9.88 Å². The summed E-state index contributed by atoms with van der Waals surface area (Å²) in [5.41, 5.74) is 0.198. The molecule has 22 heavy (non-hydrogen) atoms. The van der Waals surface area contributed by atoms with E-state index in [9.17, 15) is 4.79 Å². The molecule has 2 heterocycles. The molecule has 2 atom stereocenters. The van der Waals surface area contributed by atoms with Gasteiger partial charge in [-0.15, -0.1) is 0 Å². The van der Waals surface area contributed by atoms with Gasteiger partial charge >= 0.3 is 5.97 Å². The van der Waals surface area contributed by atoms with Crippen LogP contribution in [0.25, 0.3) is 0 Å². The van der Waals surface area contributed by atoms with Gasteiger partial charge in [0.15, 0.2) is 0 Å². The average Bonchev–Trinajstić information content (AvgIpc) is 2.57. The molecule has 0 spiro atoms. The molecule has 1 aromatic heterocycles. The number of carboxylic acids is 1. The molecule has 1 aliphatic carbocycles. The molecule has 2 fully saturated rings. The highest BCUT2D eigenvalue weighted by Crippen LogP contribution is 2.28. The molecule has 0 radical (unpaired) electrons. The Morgan fingerprint density at radius 3 is 2.59 bits per heavy atom. The van der Waals surface area contributed by atoms with Gasteiger partial charge in [0.25, 0.3) is 0 Å². The van der Waals surface area contributed by atoms with Crippen LogP contribution >= 0.6 is 0 Å². The van der Waals surface area contributed by atoms with Crippen molar-refractivity contribution < 1.29 is 14.6 Å². The van der Waals surface area contributed by atoms with Crippen LogP contribution in [0.3, 0.4) is 0 Å². The molecular weight excluding hydrogens is 280 g/mol. The molecule has 3 rings (SSSR count). The van der Waals surface area contributed by atoms with Gasteiger partial charge in [0.2, 0.25) is 5.88 Å². The van der Waals surface area contributed by atoms with Gasteiger partial charge in [0.05, 0.1) is 5.56 Å². The second kappa shape index (κ2) is 7.09. The number of carbonyl (C=O) groups is 1. The van der Waals surface area contributed by atoms with E-state index in [1.54, 1.807) is 12.1 Å². The van der Waals surface area contributed by atoms with E-state index in [1.165, 1.54) is 57.8 Å². The maximum Gasteiger partial charge on any atom is 0.337 e. The molecule has 2 aliphatic rings. The van der Waals surface area contributed by atoms with E-state index in [0.29, 0.717) is 11.9 Å². The minimum atomic E-state index is -0.956. The molecule has 1 saturated heterocycles. The lowest BCUT2D eigenvalue weighted by atomic mass is 9.90. The summed E-state index contributed by atoms with van der Waals surface area (Å²) >= 11 is 0. The standard InChI is InChI=1S/C17H24N2O3/c20-17(21)13-8-9-16(18-12-13)22-15-7-3-2-6-14(15)19-10-4-1-5-11-19/h8-9,12,14-15H,1-7,10-11H2,(H,20,21)/t14-,15-/m0/s1. The van der Waals surface area contributed by atoms with Gasteiger partial charge in [-0.3, -0.25) is 4.90 Å². The molecule has 0 unspecified atom stereocenters. The Bertz CT molecular complexity index is 497. The monoisotopic (exact) mass is 304 g/mol. The molecule has 1 N–H and O–H groups in total. The number of pyridine rings is 1. The number of aromatic carboxylic acids is 1. The molecule has 120 valence electrons. The lowest BCUT2D eigenvalue weighted by Crippen LogP contribution is -2.49. The molecule has 5 nitrogen and oxygen atoms in total. The van der Waals surface area contributed by atoms with E-state index < -0.39 is 5.97 Å². The highest BCUT2D eigenvalue weighted by Gasteiger charge is 2.32. The van der Waals surface area contributed by atoms with Gasteiger partial charge in [-0.1, -0.05) is 12.8 Å². The van der Waals surface area contributed by atoms with E-state index in [-0.39, 0.29) is 11.7 Å². The van der Waals surface area contributed by atoms with Crippen molar-refractivity contribution in [1.29, 1.82) is 0 Å². The number of rotatable bonds is 4. The third kappa shape index (κ3) is 3.58. The minimum absolute atomic E-state index is 0.176. The van der Waals surface area contributed by atoms with Crippen molar-refractivity contribution in [2.45, 2.75) is 57.1 Å². The fraction of sp³-hybridized carbons (Fsp3) is 0.647. The smallest absolute Gasteiger partial charge is 0.337 e. The number of likely N-dealkylation sites (tertiary alicyclic amines) is 1. The Labute approximate surface area is 131 Å². The van der Waals surface area contributed by atoms with E-state index in [4.69, 9.17) is 9.84 Å². The van der Waals surface area contributed by atoms with Crippen molar-refractivity contribution >= 4 is 5.97 Å². The van der Waals surface area contributed by atoms with E-state index in [1.807, 2.05) is 0 Å². The molecule has 0 amide bonds. The summed E-state index contributed by atoms with van der Waals surface area (Å²) in [6, 6.07) is 3.71. The highest BCUT2D eigenvalue weighted by molar-refractivity contribution is 5.87. The van der Waals surface area contributed by atoms with Gasteiger partial charge in [-0.25, -0.2) is 9.78 Å². The lowest BCUT2D eigenvalue weighted by Gasteiger charge is -2.41. The molecule has 1 saturated carbocycles. The number of carboxylic acid groups (broad SMARTS) is 1. The maximum atomic E-state index is 10.9. The molecule has 0 aromatic carbocycles. The number of nitrogens with zero attached hydrogens (tertiary/aromatic N) is 2. The van der Waals surface area contributed by atoms with Crippen molar-refractivity contribution in [2.24, 2.45) is 0 Å². The number of ether oxygens (including phenoxy) is 1. The number of aromatic nitrogens is 1. The molecule has 0 bridgehead atoms. The number of piperidine rings is 1. The second-order valence-electron chi connectivity index (χ2n) is 6.30. The number of hydrogen-bond donors (Lipinski definition) is 1. The van der Waals surface area contributed by atoms with E-state index in [2.05, 4.69) is 9.88 Å². The zero-order valence-corrected chi connectivity index (χ0v) is 12.9. The first-order valence-electron chi connectivity index (χ1n) is 8.34. The van der Waals surface area contributed by atoms with Gasteiger partial charge in [0.1, 0.15) is 6.10 Å². The topological polar surface area (TPSA) is 62.7 Å². The van der Waals surface area contributed by atoms with Crippen molar-refractivity contribution in [3.8, 4) is 5.88 Å². The third-order valence-electron chi connectivity index (χ3n) is 4.78. The van der Waals surface area contributed by atoms with Gasteiger partial charge in [-0.05, 0) is 51.3 Å². The molecule has 5 heteroatoms. The van der Waals surface area contributed by atoms with Crippen LogP contribution in [0.5, 0.6) is 5.88 Å². The summed E-state index contributed by atoms with van der Waals surface area (Å²) in [5.74, 6) is -0.415. The molecule has 1 aliphatic heterocycles. The summed E-state index contributed by atoms with van der Waals surface area (Å²) in [6.45, 7) is 2.35. The summed E-state index contributed by atoms with van der Waals surface area (Å²) in [5, 5.41) is 8.92. The Morgan fingerprint density at radius 2 is 1.91 bits per heavy atom. The quantitative estimate of drug-likeness (QED) is 0.926. The van der Waals surface area contributed by atoms with Crippen LogP contribution in [0.4, 0.5) is 0 Å². The van der Waals surface area contributed by atoms with Gasteiger partial charge in [-0.2, -0.15) is 0 Å². The summed E-state index contributed by atoms with van der Waals surface area (Å²) < 4.78 is 6.11. The van der Waals surface area contributed by atoms with Crippen molar-refractivity contribution in [3.05, 3.63) is 23.9 Å². The Morgan fingerprint density at radius 1 is 1.14 bits per heavy atom. The van der Waals surface area contributed by atoms with Crippen LogP contribution in [0, 0.1) is 0 Å².